The molecule has 0 spiro atoms. The highest BCUT2D eigenvalue weighted by molar-refractivity contribution is 5.89. The van der Waals surface area contributed by atoms with Gasteiger partial charge in [0.15, 0.2) is 11.5 Å². The quantitative estimate of drug-likeness (QED) is 0.545. The van der Waals surface area contributed by atoms with E-state index in [9.17, 15) is 9.65 Å². The van der Waals surface area contributed by atoms with Crippen molar-refractivity contribution in [1.82, 2.24) is 34.7 Å². The van der Waals surface area contributed by atoms with E-state index in [4.69, 9.17) is 0 Å². The summed E-state index contributed by atoms with van der Waals surface area (Å²) < 4.78 is 15.8. The van der Waals surface area contributed by atoms with Gasteiger partial charge in [0.25, 0.3) is 0 Å². The fourth-order valence-corrected chi connectivity index (χ4v) is 4.09. The van der Waals surface area contributed by atoms with Gasteiger partial charge in [0.05, 0.1) is 17.9 Å². The lowest BCUT2D eigenvalue weighted by Gasteiger charge is -2.22. The maximum Gasteiger partial charge on any atom is 0.183 e. The Bertz CT molecular complexity index is 1220. The zero-order valence-corrected chi connectivity index (χ0v) is 16.0. The largest absolute Gasteiger partial charge is 0.354 e. The molecule has 0 radical (unpaired) electrons. The van der Waals surface area contributed by atoms with Gasteiger partial charge in [-0.25, -0.2) is 24.3 Å². The number of alkyl halides is 1. The summed E-state index contributed by atoms with van der Waals surface area (Å²) >= 11 is 0. The number of aromatic amines is 1. The number of anilines is 1. The number of H-pyrrole nitrogens is 1. The van der Waals surface area contributed by atoms with Gasteiger partial charge in [-0.2, -0.15) is 10.4 Å². The van der Waals surface area contributed by atoms with E-state index in [1.807, 2.05) is 23.4 Å². The molecule has 5 heterocycles. The molecule has 1 fully saturated rings. The van der Waals surface area contributed by atoms with Gasteiger partial charge >= 0.3 is 0 Å². The molecule has 5 rings (SSSR count). The number of fused-ring (bicyclic) bond motifs is 1. The van der Waals surface area contributed by atoms with Crippen LogP contribution in [0.25, 0.3) is 22.3 Å². The van der Waals surface area contributed by atoms with E-state index in [0.29, 0.717) is 18.9 Å². The minimum atomic E-state index is -0.533. The summed E-state index contributed by atoms with van der Waals surface area (Å²) in [4.78, 5) is 22.0. The van der Waals surface area contributed by atoms with E-state index in [-0.39, 0.29) is 11.6 Å². The number of nitriles is 1. The van der Waals surface area contributed by atoms with Gasteiger partial charge in [-0.3, -0.25) is 4.68 Å². The third kappa shape index (κ3) is 3.04. The van der Waals surface area contributed by atoms with E-state index < -0.39 is 12.7 Å². The van der Waals surface area contributed by atoms with Crippen LogP contribution in [0.5, 0.6) is 0 Å². The molecule has 2 unspecified atom stereocenters. The summed E-state index contributed by atoms with van der Waals surface area (Å²) in [5.41, 5.74) is 2.61. The molecule has 2 atom stereocenters. The Hall–Kier alpha value is -3.87. The van der Waals surface area contributed by atoms with Crippen LogP contribution in [0.2, 0.25) is 0 Å². The number of hydrogen-bond donors (Lipinski definition) is 1. The SMILES string of the molecule is N#Cc1nccnc1N1CCC(C(CF)n2cc(-c3ncnc4[nH]ccc34)cn2)C1. The molecule has 10 heteroatoms. The monoisotopic (exact) mass is 403 g/mol. The van der Waals surface area contributed by atoms with E-state index in [1.54, 1.807) is 17.1 Å². The number of nitrogens with zero attached hydrogens (tertiary/aromatic N) is 8. The van der Waals surface area contributed by atoms with Crippen molar-refractivity contribution in [3.63, 3.8) is 0 Å². The van der Waals surface area contributed by atoms with Gasteiger partial charge < -0.3 is 9.88 Å². The van der Waals surface area contributed by atoms with Crippen LogP contribution in [0, 0.1) is 17.2 Å². The van der Waals surface area contributed by atoms with Crippen molar-refractivity contribution in [2.45, 2.75) is 12.5 Å². The molecule has 150 valence electrons. The number of hydrogen-bond acceptors (Lipinski definition) is 7. The topological polar surface area (TPSA) is 112 Å². The van der Waals surface area contributed by atoms with Crippen molar-refractivity contribution in [3.05, 3.63) is 49.1 Å². The molecule has 1 aliphatic rings. The second kappa shape index (κ2) is 7.51. The van der Waals surface area contributed by atoms with Crippen molar-refractivity contribution >= 4 is 16.9 Å². The van der Waals surface area contributed by atoms with Gasteiger partial charge in [0.1, 0.15) is 24.7 Å². The van der Waals surface area contributed by atoms with Gasteiger partial charge in [-0.05, 0) is 12.5 Å². The lowest BCUT2D eigenvalue weighted by Crippen LogP contribution is -2.27. The van der Waals surface area contributed by atoms with Crippen LogP contribution in [0.15, 0.2) is 43.4 Å². The van der Waals surface area contributed by atoms with E-state index >= 15 is 0 Å². The molecule has 0 saturated carbocycles. The molecule has 0 bridgehead atoms. The summed E-state index contributed by atoms with van der Waals surface area (Å²) in [5, 5.41) is 14.6. The molecule has 9 nitrogen and oxygen atoms in total. The van der Waals surface area contributed by atoms with Crippen LogP contribution in [0.4, 0.5) is 10.2 Å². The Morgan fingerprint density at radius 3 is 3.03 bits per heavy atom. The molecule has 4 aromatic rings. The number of halogens is 1. The van der Waals surface area contributed by atoms with Crippen LogP contribution >= 0.6 is 0 Å². The van der Waals surface area contributed by atoms with Gasteiger partial charge in [0.2, 0.25) is 0 Å². The Morgan fingerprint density at radius 2 is 2.17 bits per heavy atom. The molecule has 4 aromatic heterocycles. The fraction of sp³-hybridized carbons (Fsp3) is 0.300. The molecular formula is C20H18FN9. The first kappa shape index (κ1) is 18.2. The highest BCUT2D eigenvalue weighted by Gasteiger charge is 2.33. The molecule has 30 heavy (non-hydrogen) atoms. The Balaban J connectivity index is 1.39. The highest BCUT2D eigenvalue weighted by atomic mass is 19.1. The van der Waals surface area contributed by atoms with Crippen molar-refractivity contribution in [2.75, 3.05) is 24.7 Å². The smallest absolute Gasteiger partial charge is 0.183 e. The van der Waals surface area contributed by atoms with Crippen LogP contribution in [0.1, 0.15) is 18.2 Å². The molecule has 1 aliphatic heterocycles. The Morgan fingerprint density at radius 1 is 1.27 bits per heavy atom. The third-order valence-electron chi connectivity index (χ3n) is 5.58. The average molecular weight is 403 g/mol. The average Bonchev–Trinajstić information content (AvgIpc) is 3.55. The minimum absolute atomic E-state index is 0.0361. The third-order valence-corrected chi connectivity index (χ3v) is 5.58. The van der Waals surface area contributed by atoms with Crippen molar-refractivity contribution < 1.29 is 4.39 Å². The van der Waals surface area contributed by atoms with Crippen LogP contribution < -0.4 is 4.90 Å². The highest BCUT2D eigenvalue weighted by Crippen LogP contribution is 2.33. The first-order valence-electron chi connectivity index (χ1n) is 9.63. The molecule has 1 N–H and O–H groups in total. The van der Waals surface area contributed by atoms with Crippen molar-refractivity contribution in [2.24, 2.45) is 5.92 Å². The number of nitrogens with one attached hydrogen (secondary N) is 1. The van der Waals surface area contributed by atoms with E-state index in [2.05, 4.69) is 36.1 Å². The summed E-state index contributed by atoms with van der Waals surface area (Å²) in [7, 11) is 0. The lowest BCUT2D eigenvalue weighted by molar-refractivity contribution is 0.257. The summed E-state index contributed by atoms with van der Waals surface area (Å²) in [5.74, 6) is 0.589. The van der Waals surface area contributed by atoms with Gasteiger partial charge in [-0.1, -0.05) is 0 Å². The normalized spacial score (nSPS) is 17.3. The summed E-state index contributed by atoms with van der Waals surface area (Å²) in [6, 6.07) is 3.58. The standard InChI is InChI=1S/C20H18FN9/c21-7-17(13-2-6-29(10-13)20-16(8-22)23-4-5-25-20)30-11-14(9-28-30)18-15-1-3-24-19(15)27-12-26-18/h1,3-5,9,11-13,17H,2,6-7,10H2,(H,24,26,27). The minimum Gasteiger partial charge on any atom is -0.354 e. The number of aromatic nitrogens is 7. The maximum absolute atomic E-state index is 14.1. The number of rotatable bonds is 5. The molecule has 1 saturated heterocycles. The summed E-state index contributed by atoms with van der Waals surface area (Å²) in [6.45, 7) is 0.750. The van der Waals surface area contributed by atoms with E-state index in [1.165, 1.54) is 12.5 Å². The van der Waals surface area contributed by atoms with Crippen molar-refractivity contribution in [3.8, 4) is 17.3 Å². The van der Waals surface area contributed by atoms with Crippen molar-refractivity contribution in [1.29, 1.82) is 5.26 Å². The van der Waals surface area contributed by atoms with Crippen LogP contribution in [-0.4, -0.2) is 54.5 Å². The van der Waals surface area contributed by atoms with Crippen LogP contribution in [-0.2, 0) is 0 Å². The lowest BCUT2D eigenvalue weighted by atomic mass is 10.0. The summed E-state index contributed by atoms with van der Waals surface area (Å²) in [6.07, 6.45) is 10.7. The first-order valence-corrected chi connectivity index (χ1v) is 9.63. The Labute approximate surface area is 171 Å². The molecule has 0 aromatic carbocycles. The molecular weight excluding hydrogens is 385 g/mol. The van der Waals surface area contributed by atoms with Crippen LogP contribution in [0.3, 0.4) is 0 Å². The second-order valence-electron chi connectivity index (χ2n) is 7.23. The van der Waals surface area contributed by atoms with E-state index in [0.717, 1.165) is 28.7 Å². The fourth-order valence-electron chi connectivity index (χ4n) is 4.09. The molecule has 0 amide bonds. The Kier molecular flexibility index (Phi) is 4.55. The van der Waals surface area contributed by atoms with Gasteiger partial charge in [0, 0.05) is 54.7 Å². The zero-order chi connectivity index (χ0) is 20.5. The molecule has 0 aliphatic carbocycles. The predicted octanol–water partition coefficient (Wildman–Crippen LogP) is 2.52. The maximum atomic E-state index is 14.1. The first-order chi connectivity index (χ1) is 14.8. The van der Waals surface area contributed by atoms with Gasteiger partial charge in [-0.15, -0.1) is 0 Å². The zero-order valence-electron chi connectivity index (χ0n) is 16.0. The predicted molar refractivity (Wildman–Crippen MR) is 107 cm³/mol. The second-order valence-corrected chi connectivity index (χ2v) is 7.23.